The van der Waals surface area contributed by atoms with Crippen LogP contribution in [0.4, 0.5) is 4.39 Å². The Balaban J connectivity index is 2.21. The lowest BCUT2D eigenvalue weighted by atomic mass is 9.78. The maximum Gasteiger partial charge on any atom is 0.130 e. The van der Waals surface area contributed by atoms with E-state index in [2.05, 4.69) is 0 Å². The lowest BCUT2D eigenvalue weighted by Gasteiger charge is -2.24. The van der Waals surface area contributed by atoms with E-state index < -0.39 is 5.41 Å². The quantitative estimate of drug-likeness (QED) is 0.752. The minimum absolute atomic E-state index is 0.298. The molecule has 1 unspecified atom stereocenters. The minimum Gasteiger partial charge on any atom is -0.494 e. The van der Waals surface area contributed by atoms with Crippen LogP contribution >= 0.6 is 0 Å². The molecule has 2 aromatic rings. The molecule has 3 heteroatoms. The van der Waals surface area contributed by atoms with Crippen molar-refractivity contribution in [3.63, 3.8) is 0 Å². The maximum absolute atomic E-state index is 13.0. The molecule has 0 aromatic heterocycles. The standard InChI is InChI=1S/C18H19FO2/c1-3-21-17-10-4-14(5-11-17)12-18(2,13-20)15-6-8-16(19)9-7-15/h4-11,13H,3,12H2,1-2H3. The van der Waals surface area contributed by atoms with Crippen LogP contribution in [0, 0.1) is 5.82 Å². The van der Waals surface area contributed by atoms with E-state index in [4.69, 9.17) is 4.74 Å². The first-order valence-electron chi connectivity index (χ1n) is 7.01. The number of hydrogen-bond donors (Lipinski definition) is 0. The molecular formula is C18H19FO2. The minimum atomic E-state index is -0.666. The van der Waals surface area contributed by atoms with Gasteiger partial charge in [0.25, 0.3) is 0 Å². The van der Waals surface area contributed by atoms with Crippen molar-refractivity contribution in [2.75, 3.05) is 6.61 Å². The van der Waals surface area contributed by atoms with Gasteiger partial charge in [-0.15, -0.1) is 0 Å². The predicted molar refractivity (Wildman–Crippen MR) is 81.1 cm³/mol. The van der Waals surface area contributed by atoms with Crippen molar-refractivity contribution >= 4 is 6.29 Å². The molecule has 0 aliphatic heterocycles. The van der Waals surface area contributed by atoms with Gasteiger partial charge in [-0.1, -0.05) is 24.3 Å². The lowest BCUT2D eigenvalue weighted by Crippen LogP contribution is -2.26. The summed E-state index contributed by atoms with van der Waals surface area (Å²) < 4.78 is 18.4. The Morgan fingerprint density at radius 2 is 1.71 bits per heavy atom. The normalized spacial score (nSPS) is 13.5. The summed E-state index contributed by atoms with van der Waals surface area (Å²) in [5.41, 5.74) is 1.19. The topological polar surface area (TPSA) is 26.3 Å². The van der Waals surface area contributed by atoms with E-state index in [1.54, 1.807) is 12.1 Å². The molecule has 0 spiro atoms. The average molecular weight is 286 g/mol. The Kier molecular flexibility index (Phi) is 4.73. The van der Waals surface area contributed by atoms with Gasteiger partial charge in [0.2, 0.25) is 0 Å². The highest BCUT2D eigenvalue weighted by Crippen LogP contribution is 2.27. The van der Waals surface area contributed by atoms with Crippen molar-refractivity contribution in [3.8, 4) is 5.75 Å². The molecular weight excluding hydrogens is 267 g/mol. The predicted octanol–water partition coefficient (Wildman–Crippen LogP) is 3.92. The van der Waals surface area contributed by atoms with Gasteiger partial charge in [0.05, 0.1) is 12.0 Å². The smallest absolute Gasteiger partial charge is 0.130 e. The molecule has 0 fully saturated rings. The molecule has 0 saturated heterocycles. The van der Waals surface area contributed by atoms with Crippen molar-refractivity contribution in [1.82, 2.24) is 0 Å². The summed E-state index contributed by atoms with van der Waals surface area (Å²) in [6.07, 6.45) is 1.49. The van der Waals surface area contributed by atoms with Gasteiger partial charge in [0.15, 0.2) is 0 Å². The number of aldehydes is 1. The molecule has 2 aromatic carbocycles. The Morgan fingerprint density at radius 3 is 2.24 bits per heavy atom. The fraction of sp³-hybridized carbons (Fsp3) is 0.278. The van der Waals surface area contributed by atoms with E-state index in [-0.39, 0.29) is 5.82 Å². The number of benzene rings is 2. The van der Waals surface area contributed by atoms with Crippen LogP contribution in [0.1, 0.15) is 25.0 Å². The molecule has 0 heterocycles. The van der Waals surface area contributed by atoms with Gasteiger partial charge in [-0.2, -0.15) is 0 Å². The van der Waals surface area contributed by atoms with E-state index in [9.17, 15) is 9.18 Å². The molecule has 21 heavy (non-hydrogen) atoms. The van der Waals surface area contributed by atoms with E-state index in [1.165, 1.54) is 12.1 Å². The molecule has 110 valence electrons. The number of carbonyl (C=O) groups excluding carboxylic acids is 1. The van der Waals surface area contributed by atoms with Crippen LogP contribution in [-0.4, -0.2) is 12.9 Å². The first-order chi connectivity index (χ1) is 10.1. The summed E-state index contributed by atoms with van der Waals surface area (Å²) in [7, 11) is 0. The van der Waals surface area contributed by atoms with Crippen LogP contribution in [0.2, 0.25) is 0 Å². The van der Waals surface area contributed by atoms with Crippen molar-refractivity contribution in [3.05, 3.63) is 65.5 Å². The molecule has 0 radical (unpaired) electrons. The van der Waals surface area contributed by atoms with Crippen molar-refractivity contribution in [2.24, 2.45) is 0 Å². The second-order valence-corrected chi connectivity index (χ2v) is 5.30. The largest absolute Gasteiger partial charge is 0.494 e. The fourth-order valence-electron chi connectivity index (χ4n) is 2.34. The Hall–Kier alpha value is -2.16. The van der Waals surface area contributed by atoms with Crippen LogP contribution in [0.5, 0.6) is 5.75 Å². The van der Waals surface area contributed by atoms with E-state index in [0.717, 1.165) is 23.2 Å². The van der Waals surface area contributed by atoms with Crippen LogP contribution in [0.3, 0.4) is 0 Å². The summed E-state index contributed by atoms with van der Waals surface area (Å²) in [6, 6.07) is 13.8. The van der Waals surface area contributed by atoms with Crippen LogP contribution in [-0.2, 0) is 16.6 Å². The first kappa shape index (κ1) is 15.2. The third kappa shape index (κ3) is 3.69. The Morgan fingerprint density at radius 1 is 1.10 bits per heavy atom. The summed E-state index contributed by atoms with van der Waals surface area (Å²) in [5, 5.41) is 0. The second kappa shape index (κ2) is 6.53. The second-order valence-electron chi connectivity index (χ2n) is 5.30. The van der Waals surface area contributed by atoms with Crippen molar-refractivity contribution in [2.45, 2.75) is 25.7 Å². The molecule has 0 aliphatic rings. The van der Waals surface area contributed by atoms with E-state index in [1.807, 2.05) is 38.1 Å². The highest BCUT2D eigenvalue weighted by molar-refractivity contribution is 5.68. The molecule has 2 nitrogen and oxygen atoms in total. The molecule has 0 amide bonds. The third-order valence-corrected chi connectivity index (χ3v) is 3.57. The molecule has 2 rings (SSSR count). The van der Waals surface area contributed by atoms with Crippen LogP contribution in [0.15, 0.2) is 48.5 Å². The molecule has 0 aliphatic carbocycles. The van der Waals surface area contributed by atoms with Gasteiger partial charge in [-0.3, -0.25) is 0 Å². The third-order valence-electron chi connectivity index (χ3n) is 3.57. The van der Waals surface area contributed by atoms with Crippen LogP contribution < -0.4 is 4.74 Å². The van der Waals surface area contributed by atoms with E-state index in [0.29, 0.717) is 13.0 Å². The van der Waals surface area contributed by atoms with Gasteiger partial charge >= 0.3 is 0 Å². The van der Waals surface area contributed by atoms with Crippen LogP contribution in [0.25, 0.3) is 0 Å². The average Bonchev–Trinajstić information content (AvgIpc) is 2.50. The molecule has 0 bridgehead atoms. The number of carbonyl (C=O) groups is 1. The Labute approximate surface area is 124 Å². The van der Waals surface area contributed by atoms with Gasteiger partial charge in [-0.25, -0.2) is 4.39 Å². The molecule has 1 atom stereocenters. The Bertz CT molecular complexity index is 590. The van der Waals surface area contributed by atoms with Gasteiger partial charge < -0.3 is 9.53 Å². The highest BCUT2D eigenvalue weighted by Gasteiger charge is 2.26. The molecule has 0 N–H and O–H groups in total. The lowest BCUT2D eigenvalue weighted by molar-refractivity contribution is -0.112. The summed E-state index contributed by atoms with van der Waals surface area (Å²) in [4.78, 5) is 11.6. The first-order valence-corrected chi connectivity index (χ1v) is 7.01. The van der Waals surface area contributed by atoms with Crippen molar-refractivity contribution in [1.29, 1.82) is 0 Å². The number of ether oxygens (including phenoxy) is 1. The summed E-state index contributed by atoms with van der Waals surface area (Å²) >= 11 is 0. The summed E-state index contributed by atoms with van der Waals surface area (Å²) in [6.45, 7) is 4.43. The zero-order valence-electron chi connectivity index (χ0n) is 12.3. The number of halogens is 1. The van der Waals surface area contributed by atoms with Crippen molar-refractivity contribution < 1.29 is 13.9 Å². The number of rotatable bonds is 6. The van der Waals surface area contributed by atoms with Gasteiger partial charge in [-0.05, 0) is 55.7 Å². The summed E-state index contributed by atoms with van der Waals surface area (Å²) in [5.74, 6) is 0.518. The highest BCUT2D eigenvalue weighted by atomic mass is 19.1. The van der Waals surface area contributed by atoms with Gasteiger partial charge in [0.1, 0.15) is 17.9 Å². The molecule has 0 saturated carbocycles. The zero-order valence-corrected chi connectivity index (χ0v) is 12.3. The van der Waals surface area contributed by atoms with Gasteiger partial charge in [0, 0.05) is 0 Å². The monoisotopic (exact) mass is 286 g/mol. The maximum atomic E-state index is 13.0. The SMILES string of the molecule is CCOc1ccc(CC(C)(C=O)c2ccc(F)cc2)cc1. The van der Waals surface area contributed by atoms with E-state index >= 15 is 0 Å². The number of hydrogen-bond acceptors (Lipinski definition) is 2. The zero-order chi connectivity index (χ0) is 15.3. The fourth-order valence-corrected chi connectivity index (χ4v) is 2.34.